The molecule has 0 aliphatic heterocycles. The maximum Gasteiger partial charge on any atom is 0.0358 e. The Morgan fingerprint density at radius 1 is 1.33 bits per heavy atom. The number of nitrogens with one attached hydrogen (secondary N) is 1. The van der Waals surface area contributed by atoms with E-state index < -0.39 is 0 Å². The molecule has 1 atom stereocenters. The van der Waals surface area contributed by atoms with E-state index in [0.29, 0.717) is 12.0 Å². The van der Waals surface area contributed by atoms with Gasteiger partial charge in [-0.1, -0.05) is 20.8 Å². The van der Waals surface area contributed by atoms with Crippen LogP contribution in [0, 0.1) is 5.92 Å². The molecule has 0 bridgehead atoms. The predicted octanol–water partition coefficient (Wildman–Crippen LogP) is 2.75. The van der Waals surface area contributed by atoms with E-state index in [0.717, 1.165) is 19.6 Å². The molecule has 0 saturated heterocycles. The smallest absolute Gasteiger partial charge is 0.0358 e. The molecule has 1 heterocycles. The SMILES string of the molecule is CCCNC(c1ccn(CCN(C)C)c1)C(C)C. The molecule has 0 radical (unpaired) electrons. The van der Waals surface area contributed by atoms with Gasteiger partial charge in [0.2, 0.25) is 0 Å². The second-order valence-corrected chi connectivity index (χ2v) is 5.66. The number of hydrogen-bond acceptors (Lipinski definition) is 2. The molecule has 0 aromatic carbocycles. The molecule has 0 aliphatic carbocycles. The van der Waals surface area contributed by atoms with Crippen LogP contribution in [-0.2, 0) is 6.54 Å². The molecule has 0 amide bonds. The molecule has 0 aliphatic rings. The van der Waals surface area contributed by atoms with Crippen LogP contribution in [0.5, 0.6) is 0 Å². The highest BCUT2D eigenvalue weighted by Crippen LogP contribution is 2.21. The summed E-state index contributed by atoms with van der Waals surface area (Å²) in [4.78, 5) is 2.22. The Labute approximate surface area is 112 Å². The van der Waals surface area contributed by atoms with Gasteiger partial charge in [-0.15, -0.1) is 0 Å². The first kappa shape index (κ1) is 15.3. The van der Waals surface area contributed by atoms with Crippen molar-refractivity contribution < 1.29 is 0 Å². The van der Waals surface area contributed by atoms with Gasteiger partial charge in [0.25, 0.3) is 0 Å². The van der Waals surface area contributed by atoms with Crippen LogP contribution >= 0.6 is 0 Å². The van der Waals surface area contributed by atoms with Crippen molar-refractivity contribution in [3.63, 3.8) is 0 Å². The molecule has 0 fully saturated rings. The van der Waals surface area contributed by atoms with Crippen LogP contribution in [0.25, 0.3) is 0 Å². The van der Waals surface area contributed by atoms with E-state index in [-0.39, 0.29) is 0 Å². The first-order chi connectivity index (χ1) is 8.54. The van der Waals surface area contributed by atoms with Gasteiger partial charge in [-0.25, -0.2) is 0 Å². The van der Waals surface area contributed by atoms with E-state index >= 15 is 0 Å². The molecule has 1 aromatic heterocycles. The zero-order valence-electron chi connectivity index (χ0n) is 12.6. The largest absolute Gasteiger partial charge is 0.353 e. The third kappa shape index (κ3) is 4.83. The summed E-state index contributed by atoms with van der Waals surface area (Å²) in [6.07, 6.45) is 5.67. The van der Waals surface area contributed by atoms with Gasteiger partial charge in [0.15, 0.2) is 0 Å². The van der Waals surface area contributed by atoms with Crippen molar-refractivity contribution in [2.24, 2.45) is 5.92 Å². The number of nitrogens with zero attached hydrogens (tertiary/aromatic N) is 2. The number of hydrogen-bond donors (Lipinski definition) is 1. The highest BCUT2D eigenvalue weighted by Gasteiger charge is 2.15. The summed E-state index contributed by atoms with van der Waals surface area (Å²) in [5.74, 6) is 0.626. The molecule has 0 spiro atoms. The number of rotatable bonds is 8. The van der Waals surface area contributed by atoms with E-state index in [1.165, 1.54) is 12.0 Å². The zero-order chi connectivity index (χ0) is 13.5. The van der Waals surface area contributed by atoms with Gasteiger partial charge in [-0.2, -0.15) is 0 Å². The Morgan fingerprint density at radius 2 is 2.06 bits per heavy atom. The average Bonchev–Trinajstić information content (AvgIpc) is 2.75. The second kappa shape index (κ2) is 7.59. The Morgan fingerprint density at radius 3 is 2.61 bits per heavy atom. The molecule has 104 valence electrons. The fourth-order valence-electron chi connectivity index (χ4n) is 2.14. The van der Waals surface area contributed by atoms with Gasteiger partial charge >= 0.3 is 0 Å². The van der Waals surface area contributed by atoms with Gasteiger partial charge < -0.3 is 14.8 Å². The minimum Gasteiger partial charge on any atom is -0.353 e. The molecule has 1 unspecified atom stereocenters. The lowest BCUT2D eigenvalue weighted by Gasteiger charge is -2.21. The molecule has 1 rings (SSSR count). The molecular formula is C15H29N3. The maximum absolute atomic E-state index is 3.64. The van der Waals surface area contributed by atoms with Crippen LogP contribution in [0.1, 0.15) is 38.8 Å². The molecule has 3 heteroatoms. The third-order valence-corrected chi connectivity index (χ3v) is 3.22. The lowest BCUT2D eigenvalue weighted by Crippen LogP contribution is -2.26. The predicted molar refractivity (Wildman–Crippen MR) is 78.9 cm³/mol. The topological polar surface area (TPSA) is 20.2 Å². The fourth-order valence-corrected chi connectivity index (χ4v) is 2.14. The number of aromatic nitrogens is 1. The highest BCUT2D eigenvalue weighted by molar-refractivity contribution is 5.16. The van der Waals surface area contributed by atoms with Gasteiger partial charge in [-0.05, 0) is 44.6 Å². The van der Waals surface area contributed by atoms with E-state index in [4.69, 9.17) is 0 Å². The highest BCUT2D eigenvalue weighted by atomic mass is 15.1. The first-order valence-corrected chi connectivity index (χ1v) is 7.08. The van der Waals surface area contributed by atoms with Gasteiger partial charge in [0, 0.05) is 31.5 Å². The fraction of sp³-hybridized carbons (Fsp3) is 0.733. The minimum atomic E-state index is 0.477. The monoisotopic (exact) mass is 251 g/mol. The summed E-state index contributed by atoms with van der Waals surface area (Å²) < 4.78 is 2.29. The quantitative estimate of drug-likeness (QED) is 0.766. The van der Waals surface area contributed by atoms with Crippen molar-refractivity contribution in [1.29, 1.82) is 0 Å². The van der Waals surface area contributed by atoms with Crippen molar-refractivity contribution in [1.82, 2.24) is 14.8 Å². The van der Waals surface area contributed by atoms with Crippen LogP contribution in [0.15, 0.2) is 18.5 Å². The standard InChI is InChI=1S/C15H29N3/c1-6-8-16-15(13(2)3)14-7-9-18(12-14)11-10-17(4)5/h7,9,12-13,15-16H,6,8,10-11H2,1-5H3. The van der Waals surface area contributed by atoms with Crippen molar-refractivity contribution >= 4 is 0 Å². The van der Waals surface area contributed by atoms with Crippen molar-refractivity contribution in [3.05, 3.63) is 24.0 Å². The Kier molecular flexibility index (Phi) is 6.44. The van der Waals surface area contributed by atoms with E-state index in [1.807, 2.05) is 0 Å². The first-order valence-electron chi connectivity index (χ1n) is 7.08. The Balaban J connectivity index is 2.62. The zero-order valence-corrected chi connectivity index (χ0v) is 12.6. The normalized spacial score (nSPS) is 13.5. The summed E-state index contributed by atoms with van der Waals surface area (Å²) in [6.45, 7) is 10.0. The third-order valence-electron chi connectivity index (χ3n) is 3.22. The Bertz CT molecular complexity index is 328. The van der Waals surface area contributed by atoms with Gasteiger partial charge in [0.05, 0.1) is 0 Å². The van der Waals surface area contributed by atoms with Crippen molar-refractivity contribution in [2.45, 2.75) is 39.8 Å². The van der Waals surface area contributed by atoms with E-state index in [2.05, 4.69) is 68.1 Å². The maximum atomic E-state index is 3.64. The summed E-state index contributed by atoms with van der Waals surface area (Å²) in [7, 11) is 4.23. The molecule has 0 saturated carbocycles. The minimum absolute atomic E-state index is 0.477. The van der Waals surface area contributed by atoms with Gasteiger partial charge in [-0.3, -0.25) is 0 Å². The summed E-state index contributed by atoms with van der Waals surface area (Å²) >= 11 is 0. The van der Waals surface area contributed by atoms with Gasteiger partial charge in [0.1, 0.15) is 0 Å². The molecule has 18 heavy (non-hydrogen) atoms. The van der Waals surface area contributed by atoms with Crippen LogP contribution in [-0.4, -0.2) is 36.7 Å². The van der Waals surface area contributed by atoms with Crippen LogP contribution < -0.4 is 5.32 Å². The van der Waals surface area contributed by atoms with E-state index in [1.54, 1.807) is 0 Å². The Hall–Kier alpha value is -0.800. The summed E-state index contributed by atoms with van der Waals surface area (Å²) in [5, 5.41) is 3.64. The lowest BCUT2D eigenvalue weighted by molar-refractivity contribution is 0.382. The van der Waals surface area contributed by atoms with Crippen LogP contribution in [0.3, 0.4) is 0 Å². The van der Waals surface area contributed by atoms with Crippen molar-refractivity contribution in [3.8, 4) is 0 Å². The molecular weight excluding hydrogens is 222 g/mol. The number of likely N-dealkylation sites (N-methyl/N-ethyl adjacent to an activating group) is 1. The molecule has 3 nitrogen and oxygen atoms in total. The average molecular weight is 251 g/mol. The lowest BCUT2D eigenvalue weighted by atomic mass is 9.98. The summed E-state index contributed by atoms with van der Waals surface area (Å²) in [6, 6.07) is 2.73. The van der Waals surface area contributed by atoms with Crippen LogP contribution in [0.4, 0.5) is 0 Å². The van der Waals surface area contributed by atoms with E-state index in [9.17, 15) is 0 Å². The van der Waals surface area contributed by atoms with Crippen molar-refractivity contribution in [2.75, 3.05) is 27.2 Å². The molecule has 1 N–H and O–H groups in total. The van der Waals surface area contributed by atoms with Crippen LogP contribution in [0.2, 0.25) is 0 Å². The molecule has 1 aromatic rings. The second-order valence-electron chi connectivity index (χ2n) is 5.66. The summed E-state index contributed by atoms with van der Waals surface area (Å²) in [5.41, 5.74) is 1.41.